The van der Waals surface area contributed by atoms with E-state index in [1.54, 1.807) is 24.3 Å². The van der Waals surface area contributed by atoms with Crippen LogP contribution in [0.3, 0.4) is 0 Å². The number of rotatable bonds is 9. The first-order chi connectivity index (χ1) is 16.7. The quantitative estimate of drug-likeness (QED) is 0.462. The fourth-order valence-corrected chi connectivity index (χ4v) is 3.96. The van der Waals surface area contributed by atoms with E-state index in [0.29, 0.717) is 17.7 Å². The van der Waals surface area contributed by atoms with Crippen molar-refractivity contribution in [2.75, 3.05) is 28.6 Å². The summed E-state index contributed by atoms with van der Waals surface area (Å²) in [4.78, 5) is 40.8. The summed E-state index contributed by atoms with van der Waals surface area (Å²) >= 11 is 0. The topological polar surface area (TPSA) is 90.5 Å². The van der Waals surface area contributed by atoms with Gasteiger partial charge in [0.1, 0.15) is 6.04 Å². The van der Waals surface area contributed by atoms with Gasteiger partial charge in [-0.05, 0) is 55.7 Å². The van der Waals surface area contributed by atoms with Crippen molar-refractivity contribution in [3.63, 3.8) is 0 Å². The molecule has 0 spiro atoms. The molecule has 0 saturated carbocycles. The molecule has 1 saturated heterocycles. The van der Waals surface area contributed by atoms with Crippen LogP contribution in [0.5, 0.6) is 0 Å². The average Bonchev–Trinajstić information content (AvgIpc) is 3.36. The number of carbonyl (C=O) groups excluding carboxylic acids is 3. The van der Waals surface area contributed by atoms with Crippen LogP contribution in [0.15, 0.2) is 48.5 Å². The third kappa shape index (κ3) is 7.57. The van der Waals surface area contributed by atoms with Crippen LogP contribution in [-0.4, -0.2) is 36.9 Å². The Balaban J connectivity index is 1.69. The molecule has 1 heterocycles. The van der Waals surface area contributed by atoms with E-state index < -0.39 is 11.5 Å². The lowest BCUT2D eigenvalue weighted by atomic mass is 9.95. The molecule has 1 aliphatic heterocycles. The lowest BCUT2D eigenvalue weighted by molar-refractivity contribution is -0.123. The van der Waals surface area contributed by atoms with Gasteiger partial charge in [-0.1, -0.05) is 52.7 Å². The Labute approximate surface area is 208 Å². The molecule has 0 aromatic heterocycles. The van der Waals surface area contributed by atoms with E-state index in [4.69, 9.17) is 0 Å². The second-order valence-electron chi connectivity index (χ2n) is 10.2. The van der Waals surface area contributed by atoms with Crippen molar-refractivity contribution in [1.82, 2.24) is 5.32 Å². The zero-order valence-electron chi connectivity index (χ0n) is 21.3. The molecule has 1 aliphatic rings. The van der Waals surface area contributed by atoms with Crippen molar-refractivity contribution in [2.24, 2.45) is 5.41 Å². The molecule has 7 heteroatoms. The molecule has 7 nitrogen and oxygen atoms in total. The third-order valence-corrected chi connectivity index (χ3v) is 6.12. The van der Waals surface area contributed by atoms with Crippen molar-refractivity contribution in [1.29, 1.82) is 0 Å². The van der Waals surface area contributed by atoms with E-state index in [0.717, 1.165) is 37.3 Å². The van der Waals surface area contributed by atoms with E-state index in [1.165, 1.54) is 12.8 Å². The molecule has 1 fully saturated rings. The maximum Gasteiger partial charge on any atom is 0.252 e. The Hall–Kier alpha value is -3.35. The summed E-state index contributed by atoms with van der Waals surface area (Å²) in [6.07, 6.45) is 4.64. The van der Waals surface area contributed by atoms with Crippen LogP contribution in [0, 0.1) is 5.41 Å². The molecule has 188 valence electrons. The number of carbonyl (C=O) groups is 3. The van der Waals surface area contributed by atoms with Crippen molar-refractivity contribution in [3.05, 3.63) is 54.1 Å². The fourth-order valence-electron chi connectivity index (χ4n) is 3.96. The molecule has 0 bridgehead atoms. The van der Waals surface area contributed by atoms with E-state index in [2.05, 4.69) is 33.8 Å². The molecule has 3 rings (SSSR count). The van der Waals surface area contributed by atoms with Gasteiger partial charge in [0.25, 0.3) is 5.91 Å². The van der Waals surface area contributed by atoms with Gasteiger partial charge < -0.3 is 20.9 Å². The number of anilines is 3. The highest BCUT2D eigenvalue weighted by Crippen LogP contribution is 2.24. The minimum absolute atomic E-state index is 0.133. The zero-order valence-corrected chi connectivity index (χ0v) is 21.3. The predicted octanol–water partition coefficient (Wildman–Crippen LogP) is 5.20. The molecule has 1 atom stereocenters. The van der Waals surface area contributed by atoms with Crippen molar-refractivity contribution in [3.8, 4) is 0 Å². The summed E-state index contributed by atoms with van der Waals surface area (Å²) in [5.74, 6) is -0.715. The number of hydrogen-bond acceptors (Lipinski definition) is 4. The van der Waals surface area contributed by atoms with Crippen LogP contribution in [-0.2, 0) is 9.59 Å². The van der Waals surface area contributed by atoms with E-state index in [-0.39, 0.29) is 17.7 Å². The molecule has 3 N–H and O–H groups in total. The van der Waals surface area contributed by atoms with Gasteiger partial charge in [0.05, 0.1) is 0 Å². The normalized spacial score (nSPS) is 14.3. The number of unbranched alkanes of at least 4 members (excludes halogenated alkanes) is 1. The number of hydrogen-bond donors (Lipinski definition) is 3. The van der Waals surface area contributed by atoms with E-state index >= 15 is 0 Å². The Bertz CT molecular complexity index is 1040. The molecule has 2 aromatic carbocycles. The Morgan fingerprint density at radius 1 is 0.943 bits per heavy atom. The number of benzene rings is 2. The van der Waals surface area contributed by atoms with Crippen LogP contribution in [0.4, 0.5) is 17.1 Å². The largest absolute Gasteiger partial charge is 0.371 e. The molecule has 0 radical (unpaired) electrons. The van der Waals surface area contributed by atoms with Gasteiger partial charge >= 0.3 is 0 Å². The average molecular weight is 479 g/mol. The van der Waals surface area contributed by atoms with Gasteiger partial charge in [0.2, 0.25) is 11.8 Å². The van der Waals surface area contributed by atoms with Crippen LogP contribution in [0.1, 0.15) is 70.2 Å². The van der Waals surface area contributed by atoms with Gasteiger partial charge in [-0.25, -0.2) is 0 Å². The van der Waals surface area contributed by atoms with E-state index in [9.17, 15) is 14.4 Å². The Kier molecular flexibility index (Phi) is 8.90. The monoisotopic (exact) mass is 478 g/mol. The van der Waals surface area contributed by atoms with Crippen molar-refractivity contribution >= 4 is 34.8 Å². The van der Waals surface area contributed by atoms with E-state index in [1.807, 2.05) is 39.0 Å². The standard InChI is InChI=1S/C28H38N4O3/c1-5-6-15-24(26(34)29-22-13-10-14-23(19-22)32-16-7-8-17-32)31-25(33)20-11-9-12-21(18-20)30-27(35)28(2,3)4/h9-14,18-19,24H,5-8,15-17H2,1-4H3,(H,29,34)(H,30,35)(H,31,33). The maximum atomic E-state index is 13.1. The summed E-state index contributed by atoms with van der Waals surface area (Å²) < 4.78 is 0. The minimum Gasteiger partial charge on any atom is -0.371 e. The first-order valence-electron chi connectivity index (χ1n) is 12.6. The Morgan fingerprint density at radius 2 is 1.60 bits per heavy atom. The highest BCUT2D eigenvalue weighted by Gasteiger charge is 2.23. The van der Waals surface area contributed by atoms with Gasteiger partial charge in [0.15, 0.2) is 0 Å². The summed E-state index contributed by atoms with van der Waals surface area (Å²) in [6.45, 7) is 9.60. The molecular weight excluding hydrogens is 440 g/mol. The molecule has 0 aliphatic carbocycles. The summed E-state index contributed by atoms with van der Waals surface area (Å²) in [5.41, 5.74) is 2.21. The summed E-state index contributed by atoms with van der Waals surface area (Å²) in [6, 6.07) is 14.0. The van der Waals surface area contributed by atoms with Gasteiger partial charge in [-0.15, -0.1) is 0 Å². The van der Waals surface area contributed by atoms with Crippen LogP contribution in [0.25, 0.3) is 0 Å². The first kappa shape index (κ1) is 26.3. The minimum atomic E-state index is -0.661. The predicted molar refractivity (Wildman–Crippen MR) is 142 cm³/mol. The molecule has 1 unspecified atom stereocenters. The molecular formula is C28H38N4O3. The Morgan fingerprint density at radius 3 is 2.26 bits per heavy atom. The number of nitrogens with one attached hydrogen (secondary N) is 3. The smallest absolute Gasteiger partial charge is 0.252 e. The van der Waals surface area contributed by atoms with Gasteiger partial charge in [-0.2, -0.15) is 0 Å². The van der Waals surface area contributed by atoms with Crippen LogP contribution in [0.2, 0.25) is 0 Å². The maximum absolute atomic E-state index is 13.1. The second-order valence-corrected chi connectivity index (χ2v) is 10.2. The van der Waals surface area contributed by atoms with Crippen molar-refractivity contribution < 1.29 is 14.4 Å². The number of nitrogens with zero attached hydrogens (tertiary/aromatic N) is 1. The van der Waals surface area contributed by atoms with Crippen molar-refractivity contribution in [2.45, 2.75) is 65.8 Å². The zero-order chi connectivity index (χ0) is 25.4. The SMILES string of the molecule is CCCCC(NC(=O)c1cccc(NC(=O)C(C)(C)C)c1)C(=O)Nc1cccc(N2CCCC2)c1. The summed E-state index contributed by atoms with van der Waals surface area (Å²) in [5, 5.41) is 8.73. The van der Waals surface area contributed by atoms with Gasteiger partial charge in [-0.3, -0.25) is 14.4 Å². The lowest BCUT2D eigenvalue weighted by Gasteiger charge is -2.21. The highest BCUT2D eigenvalue weighted by atomic mass is 16.2. The lowest BCUT2D eigenvalue weighted by Crippen LogP contribution is -2.43. The molecule has 2 aromatic rings. The highest BCUT2D eigenvalue weighted by molar-refractivity contribution is 6.02. The number of amides is 3. The van der Waals surface area contributed by atoms with Crippen LogP contribution < -0.4 is 20.9 Å². The second kappa shape index (κ2) is 11.9. The van der Waals surface area contributed by atoms with Gasteiger partial charge in [0, 0.05) is 41.1 Å². The van der Waals surface area contributed by atoms with Crippen LogP contribution >= 0.6 is 0 Å². The molecule has 35 heavy (non-hydrogen) atoms. The molecule has 3 amide bonds. The summed E-state index contributed by atoms with van der Waals surface area (Å²) in [7, 11) is 0. The third-order valence-electron chi connectivity index (χ3n) is 6.12. The fraction of sp³-hybridized carbons (Fsp3) is 0.464. The first-order valence-corrected chi connectivity index (χ1v) is 12.6.